The fraction of sp³-hybridized carbons (Fsp3) is 0.647. The first-order valence-electron chi connectivity index (χ1n) is 8.05. The van der Waals surface area contributed by atoms with Crippen molar-refractivity contribution in [1.29, 1.82) is 0 Å². The molecular weight excluding hydrogens is 300 g/mol. The van der Waals surface area contributed by atoms with Crippen LogP contribution in [0.5, 0.6) is 0 Å². The summed E-state index contributed by atoms with van der Waals surface area (Å²) in [6, 6.07) is 4.40. The second-order valence-corrected chi connectivity index (χ2v) is 6.45. The minimum atomic E-state index is -0.467. The van der Waals surface area contributed by atoms with Crippen molar-refractivity contribution in [3.8, 4) is 0 Å². The summed E-state index contributed by atoms with van der Waals surface area (Å²) in [5.41, 5.74) is 1.58. The molecule has 1 aromatic carbocycles. The fourth-order valence-corrected chi connectivity index (χ4v) is 3.14. The van der Waals surface area contributed by atoms with E-state index in [4.69, 9.17) is 11.6 Å². The van der Waals surface area contributed by atoms with E-state index in [1.165, 1.54) is 57.3 Å². The van der Waals surface area contributed by atoms with Crippen LogP contribution < -0.4 is 5.32 Å². The molecule has 2 rings (SSSR count). The van der Waals surface area contributed by atoms with E-state index in [9.17, 15) is 10.1 Å². The predicted molar refractivity (Wildman–Crippen MR) is 92.6 cm³/mol. The second-order valence-electron chi connectivity index (χ2n) is 6.04. The van der Waals surface area contributed by atoms with Crippen molar-refractivity contribution in [3.63, 3.8) is 0 Å². The highest BCUT2D eigenvalue weighted by atomic mass is 35.5. The molecule has 0 aliphatic carbocycles. The Hall–Kier alpha value is -1.13. The number of aryl methyl sites for hydroxylation is 1. The molecule has 0 atom stereocenters. The molecule has 5 heteroatoms. The van der Waals surface area contributed by atoms with Gasteiger partial charge in [-0.3, -0.25) is 10.1 Å². The van der Waals surface area contributed by atoms with Crippen molar-refractivity contribution in [3.05, 3.63) is 38.9 Å². The van der Waals surface area contributed by atoms with E-state index in [1.807, 2.05) is 0 Å². The molecule has 4 nitrogen and oxygen atoms in total. The maximum atomic E-state index is 10.2. The molecule has 124 valence electrons. The molecule has 0 bridgehead atoms. The number of non-ortho nitro benzene ring substituents is 1. The molecule has 1 saturated heterocycles. The summed E-state index contributed by atoms with van der Waals surface area (Å²) in [5, 5.41) is 14.1. The third kappa shape index (κ3) is 5.58. The van der Waals surface area contributed by atoms with Crippen LogP contribution in [-0.2, 0) is 0 Å². The molecule has 0 aromatic heterocycles. The summed E-state index contributed by atoms with van der Waals surface area (Å²) in [6.45, 7) is 8.94. The Morgan fingerprint density at radius 1 is 1.32 bits per heavy atom. The van der Waals surface area contributed by atoms with Crippen molar-refractivity contribution in [2.24, 2.45) is 5.41 Å². The lowest BCUT2D eigenvalue weighted by atomic mass is 9.73. The van der Waals surface area contributed by atoms with E-state index in [2.05, 4.69) is 19.2 Å². The fourth-order valence-electron chi connectivity index (χ4n) is 2.96. The third-order valence-electron chi connectivity index (χ3n) is 4.56. The molecular formula is C17H27ClN2O2. The van der Waals surface area contributed by atoms with Crippen LogP contribution in [0.3, 0.4) is 0 Å². The van der Waals surface area contributed by atoms with Crippen LogP contribution in [0.2, 0.25) is 5.02 Å². The van der Waals surface area contributed by atoms with Crippen molar-refractivity contribution in [2.75, 3.05) is 13.1 Å². The smallest absolute Gasteiger partial charge is 0.270 e. The molecule has 1 aromatic rings. The lowest BCUT2D eigenvalue weighted by Gasteiger charge is -2.36. The van der Waals surface area contributed by atoms with Gasteiger partial charge in [0.2, 0.25) is 0 Å². The zero-order chi connectivity index (χ0) is 16.6. The largest absolute Gasteiger partial charge is 0.317 e. The molecule has 0 radical (unpaired) electrons. The maximum absolute atomic E-state index is 10.2. The van der Waals surface area contributed by atoms with Crippen LogP contribution in [0.1, 0.15) is 51.5 Å². The molecule has 1 aliphatic heterocycles. The minimum absolute atomic E-state index is 0.0283. The van der Waals surface area contributed by atoms with Crippen LogP contribution in [0.15, 0.2) is 18.2 Å². The monoisotopic (exact) mass is 326 g/mol. The van der Waals surface area contributed by atoms with E-state index in [0.717, 1.165) is 5.56 Å². The van der Waals surface area contributed by atoms with Crippen molar-refractivity contribution in [2.45, 2.75) is 52.9 Å². The zero-order valence-electron chi connectivity index (χ0n) is 13.8. The maximum Gasteiger partial charge on any atom is 0.270 e. The van der Waals surface area contributed by atoms with Gasteiger partial charge in [0.25, 0.3) is 5.69 Å². The molecule has 0 spiro atoms. The van der Waals surface area contributed by atoms with Gasteiger partial charge in [0.1, 0.15) is 0 Å². The summed E-state index contributed by atoms with van der Waals surface area (Å²) in [5.74, 6) is 0. The Kier molecular flexibility index (Phi) is 7.83. The number of nitrogens with one attached hydrogen (secondary N) is 1. The Labute approximate surface area is 138 Å². The van der Waals surface area contributed by atoms with Gasteiger partial charge in [-0.05, 0) is 50.3 Å². The predicted octanol–water partition coefficient (Wildman–Crippen LogP) is 5.12. The Bertz CT molecular complexity index is 480. The molecule has 1 heterocycles. The number of hydrogen-bond donors (Lipinski definition) is 1. The van der Waals surface area contributed by atoms with Gasteiger partial charge in [-0.1, -0.05) is 44.4 Å². The first-order chi connectivity index (χ1) is 10.4. The van der Waals surface area contributed by atoms with Crippen molar-refractivity contribution >= 4 is 17.3 Å². The van der Waals surface area contributed by atoms with Gasteiger partial charge in [0.05, 0.1) is 9.95 Å². The minimum Gasteiger partial charge on any atom is -0.317 e. The van der Waals surface area contributed by atoms with Gasteiger partial charge < -0.3 is 5.32 Å². The molecule has 22 heavy (non-hydrogen) atoms. The zero-order valence-corrected chi connectivity index (χ0v) is 14.6. The Balaban J connectivity index is 0.000000220. The first-order valence-corrected chi connectivity index (χ1v) is 8.43. The number of hydrogen-bond acceptors (Lipinski definition) is 3. The molecule has 1 aliphatic rings. The normalized spacial score (nSPS) is 16.5. The van der Waals surface area contributed by atoms with Crippen molar-refractivity contribution in [1.82, 2.24) is 5.32 Å². The van der Waals surface area contributed by atoms with Crippen LogP contribution in [0.4, 0.5) is 5.69 Å². The number of benzene rings is 1. The van der Waals surface area contributed by atoms with Gasteiger partial charge in [-0.25, -0.2) is 0 Å². The molecule has 1 N–H and O–H groups in total. The Morgan fingerprint density at radius 2 is 1.95 bits per heavy atom. The average Bonchev–Trinajstić information content (AvgIpc) is 2.52. The third-order valence-corrected chi connectivity index (χ3v) is 4.97. The molecule has 1 fully saturated rings. The number of nitrogens with zero attached hydrogens (tertiary/aromatic N) is 1. The lowest BCUT2D eigenvalue weighted by Crippen LogP contribution is -2.36. The quantitative estimate of drug-likeness (QED) is 0.617. The summed E-state index contributed by atoms with van der Waals surface area (Å²) in [7, 11) is 0. The van der Waals surface area contributed by atoms with Gasteiger partial charge >= 0.3 is 0 Å². The highest BCUT2D eigenvalue weighted by molar-refractivity contribution is 6.31. The lowest BCUT2D eigenvalue weighted by molar-refractivity contribution is -0.384. The number of nitro groups is 1. The molecule has 0 unspecified atom stereocenters. The number of halogens is 1. The van der Waals surface area contributed by atoms with Crippen LogP contribution in [0, 0.1) is 22.5 Å². The van der Waals surface area contributed by atoms with Gasteiger partial charge in [-0.2, -0.15) is 0 Å². The highest BCUT2D eigenvalue weighted by Crippen LogP contribution is 2.36. The van der Waals surface area contributed by atoms with E-state index < -0.39 is 4.92 Å². The summed E-state index contributed by atoms with van der Waals surface area (Å²) in [6.07, 6.45) is 6.97. The SMILES string of the molecule is CCCC1(CC)CCNCC1.Cc1ccc([N+](=O)[O-])cc1Cl. The first kappa shape index (κ1) is 18.9. The van der Waals surface area contributed by atoms with Crippen molar-refractivity contribution < 1.29 is 4.92 Å². The van der Waals surface area contributed by atoms with Crippen LogP contribution in [-0.4, -0.2) is 18.0 Å². The number of piperidine rings is 1. The van der Waals surface area contributed by atoms with Crippen LogP contribution >= 0.6 is 11.6 Å². The molecule has 0 amide bonds. The average molecular weight is 327 g/mol. The molecule has 0 saturated carbocycles. The van der Waals surface area contributed by atoms with Gasteiger partial charge in [-0.15, -0.1) is 0 Å². The van der Waals surface area contributed by atoms with Crippen LogP contribution in [0.25, 0.3) is 0 Å². The summed E-state index contributed by atoms with van der Waals surface area (Å²) >= 11 is 5.65. The van der Waals surface area contributed by atoms with E-state index in [-0.39, 0.29) is 5.69 Å². The standard InChI is InChI=1S/C10H21N.C7H6ClNO2/c1-3-5-10(4-2)6-8-11-9-7-10;1-5-2-3-6(9(10)11)4-7(5)8/h11H,3-9H2,1-2H3;2-4H,1H3. The summed E-state index contributed by atoms with van der Waals surface area (Å²) < 4.78 is 0. The van der Waals surface area contributed by atoms with Gasteiger partial charge in [0.15, 0.2) is 0 Å². The number of rotatable bonds is 4. The van der Waals surface area contributed by atoms with E-state index in [0.29, 0.717) is 10.4 Å². The highest BCUT2D eigenvalue weighted by Gasteiger charge is 2.28. The topological polar surface area (TPSA) is 55.2 Å². The van der Waals surface area contributed by atoms with Gasteiger partial charge in [0, 0.05) is 12.1 Å². The number of nitro benzene ring substituents is 1. The Morgan fingerprint density at radius 3 is 2.41 bits per heavy atom. The second kappa shape index (κ2) is 9.11. The van der Waals surface area contributed by atoms with E-state index >= 15 is 0 Å². The summed E-state index contributed by atoms with van der Waals surface area (Å²) in [4.78, 5) is 9.74. The van der Waals surface area contributed by atoms with E-state index in [1.54, 1.807) is 13.0 Å².